The molecule has 0 aliphatic rings. The summed E-state index contributed by atoms with van der Waals surface area (Å²) in [6.07, 6.45) is -0.976. The normalized spacial score (nSPS) is 13.2. The van der Waals surface area contributed by atoms with Gasteiger partial charge in [0.15, 0.2) is 0 Å². The van der Waals surface area contributed by atoms with Crippen molar-refractivity contribution in [3.8, 4) is 0 Å². The number of aromatic nitrogens is 1. The Labute approximate surface area is 121 Å². The van der Waals surface area contributed by atoms with Crippen molar-refractivity contribution in [1.29, 1.82) is 0 Å². The van der Waals surface area contributed by atoms with E-state index in [1.165, 1.54) is 6.20 Å². The van der Waals surface area contributed by atoms with E-state index in [0.29, 0.717) is 12.8 Å². The van der Waals surface area contributed by atoms with Gasteiger partial charge in [-0.3, -0.25) is 4.98 Å². The Hall–Kier alpha value is -1.88. The minimum absolute atomic E-state index is 0.0534. The number of hydrogen-bond donors (Lipinski definition) is 1. The first-order valence-electron chi connectivity index (χ1n) is 6.70. The number of nitrogens with two attached hydrogens (primary N) is 1. The highest BCUT2D eigenvalue weighted by atomic mass is 19.4. The first-order valence-corrected chi connectivity index (χ1v) is 6.70. The smallest absolute Gasteiger partial charge is 0.324 e. The summed E-state index contributed by atoms with van der Waals surface area (Å²) >= 11 is 0. The van der Waals surface area contributed by atoms with Crippen LogP contribution in [0.15, 0.2) is 42.7 Å². The van der Waals surface area contributed by atoms with Gasteiger partial charge in [-0.2, -0.15) is 13.2 Å². The van der Waals surface area contributed by atoms with Crippen molar-refractivity contribution in [2.45, 2.75) is 32.0 Å². The number of nitrogens with zero attached hydrogens (tertiary/aromatic N) is 1. The molecular weight excluding hydrogens is 277 g/mol. The molecule has 1 heterocycles. The molecule has 0 aliphatic heterocycles. The molecule has 2 nitrogen and oxygen atoms in total. The zero-order chi connectivity index (χ0) is 15.5. The summed E-state index contributed by atoms with van der Waals surface area (Å²) in [6.45, 7) is 1.98. The Morgan fingerprint density at radius 1 is 1.24 bits per heavy atom. The molecule has 0 saturated heterocycles. The van der Waals surface area contributed by atoms with E-state index < -0.39 is 17.8 Å². The van der Waals surface area contributed by atoms with E-state index >= 15 is 0 Å². The molecular formula is C16H17F3N2. The van der Waals surface area contributed by atoms with Gasteiger partial charge < -0.3 is 5.73 Å². The van der Waals surface area contributed by atoms with Crippen LogP contribution in [0.4, 0.5) is 13.2 Å². The Morgan fingerprint density at radius 3 is 2.67 bits per heavy atom. The minimum atomic E-state index is -4.40. The maximum absolute atomic E-state index is 12.9. The van der Waals surface area contributed by atoms with Crippen LogP contribution in [0, 0.1) is 6.92 Å². The summed E-state index contributed by atoms with van der Waals surface area (Å²) in [6, 6.07) is 8.17. The number of rotatable bonds is 4. The fourth-order valence-corrected chi connectivity index (χ4v) is 2.31. The van der Waals surface area contributed by atoms with Gasteiger partial charge in [0.2, 0.25) is 0 Å². The van der Waals surface area contributed by atoms with Crippen molar-refractivity contribution in [3.63, 3.8) is 0 Å². The second-order valence-corrected chi connectivity index (χ2v) is 5.09. The molecule has 0 fully saturated rings. The molecule has 2 rings (SSSR count). The molecule has 1 aromatic heterocycles. The average molecular weight is 294 g/mol. The molecule has 2 aromatic rings. The van der Waals surface area contributed by atoms with Crippen molar-refractivity contribution in [1.82, 2.24) is 4.98 Å². The lowest BCUT2D eigenvalue weighted by atomic mass is 9.96. The van der Waals surface area contributed by atoms with Crippen molar-refractivity contribution >= 4 is 0 Å². The SMILES string of the molecule is Cc1cccc(CCC(N)c2cnccc2C(F)(F)F)c1. The fraction of sp³-hybridized carbons (Fsp3) is 0.312. The molecule has 0 bridgehead atoms. The highest BCUT2D eigenvalue weighted by Crippen LogP contribution is 2.34. The predicted molar refractivity (Wildman–Crippen MR) is 75.7 cm³/mol. The van der Waals surface area contributed by atoms with Gasteiger partial charge in [0.05, 0.1) is 5.56 Å². The van der Waals surface area contributed by atoms with E-state index in [-0.39, 0.29) is 5.56 Å². The lowest BCUT2D eigenvalue weighted by molar-refractivity contribution is -0.138. The summed E-state index contributed by atoms with van der Waals surface area (Å²) in [5.74, 6) is 0. The lowest BCUT2D eigenvalue weighted by Crippen LogP contribution is -2.18. The van der Waals surface area contributed by atoms with E-state index in [4.69, 9.17) is 5.73 Å². The maximum atomic E-state index is 12.9. The minimum Gasteiger partial charge on any atom is -0.324 e. The molecule has 1 unspecified atom stereocenters. The van der Waals surface area contributed by atoms with Crippen molar-refractivity contribution in [2.75, 3.05) is 0 Å². The van der Waals surface area contributed by atoms with Crippen molar-refractivity contribution in [3.05, 3.63) is 65.0 Å². The summed E-state index contributed by atoms with van der Waals surface area (Å²) in [4.78, 5) is 3.77. The van der Waals surface area contributed by atoms with Gasteiger partial charge in [0, 0.05) is 18.4 Å². The fourth-order valence-electron chi connectivity index (χ4n) is 2.31. The second-order valence-electron chi connectivity index (χ2n) is 5.09. The van der Waals surface area contributed by atoms with Gasteiger partial charge in [-0.15, -0.1) is 0 Å². The largest absolute Gasteiger partial charge is 0.416 e. The Morgan fingerprint density at radius 2 is 2.00 bits per heavy atom. The predicted octanol–water partition coefficient (Wildman–Crippen LogP) is 4.04. The van der Waals surface area contributed by atoms with E-state index in [0.717, 1.165) is 23.4 Å². The van der Waals surface area contributed by atoms with E-state index in [9.17, 15) is 13.2 Å². The van der Waals surface area contributed by atoms with Crippen LogP contribution in [0.1, 0.15) is 34.7 Å². The molecule has 0 aliphatic carbocycles. The maximum Gasteiger partial charge on any atom is 0.416 e. The van der Waals surface area contributed by atoms with Crippen LogP contribution in [-0.2, 0) is 12.6 Å². The molecule has 0 amide bonds. The molecule has 5 heteroatoms. The summed E-state index contributed by atoms with van der Waals surface area (Å²) < 4.78 is 38.8. The standard InChI is InChI=1S/C16H17F3N2/c1-11-3-2-4-12(9-11)5-6-15(20)13-10-21-8-7-14(13)16(17,18)19/h2-4,7-10,15H,5-6,20H2,1H3. The third-order valence-corrected chi connectivity index (χ3v) is 3.38. The zero-order valence-corrected chi connectivity index (χ0v) is 11.7. The highest BCUT2D eigenvalue weighted by molar-refractivity contribution is 5.29. The molecule has 0 saturated carbocycles. The molecule has 2 N–H and O–H groups in total. The molecule has 1 aromatic carbocycles. The summed E-state index contributed by atoms with van der Waals surface area (Å²) in [7, 11) is 0. The Balaban J connectivity index is 2.12. The summed E-state index contributed by atoms with van der Waals surface area (Å²) in [5, 5.41) is 0. The van der Waals surface area contributed by atoms with Crippen LogP contribution in [-0.4, -0.2) is 4.98 Å². The first kappa shape index (κ1) is 15.5. The van der Waals surface area contributed by atoms with Gasteiger partial charge in [-0.1, -0.05) is 29.8 Å². The first-order chi connectivity index (χ1) is 9.88. The second kappa shape index (κ2) is 6.26. The lowest BCUT2D eigenvalue weighted by Gasteiger charge is -2.17. The third kappa shape index (κ3) is 4.04. The van der Waals surface area contributed by atoms with Crippen LogP contribution in [0.2, 0.25) is 0 Å². The van der Waals surface area contributed by atoms with Gasteiger partial charge in [-0.05, 0) is 37.0 Å². The number of aryl methyl sites for hydroxylation is 2. The average Bonchev–Trinajstić information content (AvgIpc) is 2.44. The zero-order valence-electron chi connectivity index (χ0n) is 11.7. The van der Waals surface area contributed by atoms with E-state index in [2.05, 4.69) is 4.98 Å². The molecule has 21 heavy (non-hydrogen) atoms. The third-order valence-electron chi connectivity index (χ3n) is 3.38. The highest BCUT2D eigenvalue weighted by Gasteiger charge is 2.34. The monoisotopic (exact) mass is 294 g/mol. The van der Waals surface area contributed by atoms with Crippen LogP contribution in [0.25, 0.3) is 0 Å². The van der Waals surface area contributed by atoms with Gasteiger partial charge in [-0.25, -0.2) is 0 Å². The topological polar surface area (TPSA) is 38.9 Å². The molecule has 0 spiro atoms. The van der Waals surface area contributed by atoms with Crippen molar-refractivity contribution < 1.29 is 13.2 Å². The Kier molecular flexibility index (Phi) is 4.63. The molecule has 1 atom stereocenters. The number of halogens is 3. The number of alkyl halides is 3. The van der Waals surface area contributed by atoms with E-state index in [1.54, 1.807) is 0 Å². The van der Waals surface area contributed by atoms with Gasteiger partial charge in [0.25, 0.3) is 0 Å². The summed E-state index contributed by atoms with van der Waals surface area (Å²) in [5.41, 5.74) is 7.49. The van der Waals surface area contributed by atoms with Gasteiger partial charge >= 0.3 is 6.18 Å². The van der Waals surface area contributed by atoms with Crippen LogP contribution in [0.5, 0.6) is 0 Å². The Bertz CT molecular complexity index is 608. The van der Waals surface area contributed by atoms with Gasteiger partial charge in [0.1, 0.15) is 0 Å². The number of pyridine rings is 1. The van der Waals surface area contributed by atoms with E-state index in [1.807, 2.05) is 31.2 Å². The van der Waals surface area contributed by atoms with Crippen LogP contribution >= 0.6 is 0 Å². The number of hydrogen-bond acceptors (Lipinski definition) is 2. The van der Waals surface area contributed by atoms with Crippen LogP contribution < -0.4 is 5.73 Å². The van der Waals surface area contributed by atoms with Crippen LogP contribution in [0.3, 0.4) is 0 Å². The molecule has 112 valence electrons. The quantitative estimate of drug-likeness (QED) is 0.924. The molecule has 0 radical (unpaired) electrons. The van der Waals surface area contributed by atoms with Crippen molar-refractivity contribution in [2.24, 2.45) is 5.73 Å². The number of benzene rings is 1.